The van der Waals surface area contributed by atoms with Gasteiger partial charge in [-0.2, -0.15) is 0 Å². The second-order valence-corrected chi connectivity index (χ2v) is 5.88. The maximum atomic E-state index is 12.2. The summed E-state index contributed by atoms with van der Waals surface area (Å²) >= 11 is 1.58. The van der Waals surface area contributed by atoms with Crippen LogP contribution in [0.25, 0.3) is 0 Å². The molecule has 0 aliphatic carbocycles. The van der Waals surface area contributed by atoms with Gasteiger partial charge in [-0.15, -0.1) is 11.8 Å². The molecule has 1 aliphatic heterocycles. The molecule has 0 spiro atoms. The van der Waals surface area contributed by atoms with Gasteiger partial charge in [0.05, 0.1) is 12.4 Å². The number of nitrogens with zero attached hydrogens (tertiary/aromatic N) is 1. The number of ether oxygens (including phenoxy) is 1. The average molecular weight is 294 g/mol. The summed E-state index contributed by atoms with van der Waals surface area (Å²) in [5.74, 6) is 1.59. The molecule has 0 radical (unpaired) electrons. The number of rotatable bonds is 5. The average Bonchev–Trinajstić information content (AvgIpc) is 2.47. The molecule has 1 heterocycles. The maximum absolute atomic E-state index is 12.2. The highest BCUT2D eigenvalue weighted by atomic mass is 32.2. The highest BCUT2D eigenvalue weighted by Crippen LogP contribution is 2.22. The van der Waals surface area contributed by atoms with Crippen molar-refractivity contribution in [3.8, 4) is 5.75 Å². The van der Waals surface area contributed by atoms with E-state index in [4.69, 9.17) is 4.74 Å². The Morgan fingerprint density at radius 3 is 2.85 bits per heavy atom. The van der Waals surface area contributed by atoms with Gasteiger partial charge in [0, 0.05) is 30.6 Å². The lowest BCUT2D eigenvalue weighted by molar-refractivity contribution is -0.131. The summed E-state index contributed by atoms with van der Waals surface area (Å²) in [5, 5.41) is 3.30. The Labute approximate surface area is 124 Å². The van der Waals surface area contributed by atoms with Crippen LogP contribution in [0.5, 0.6) is 5.75 Å². The van der Waals surface area contributed by atoms with Crippen LogP contribution in [0, 0.1) is 0 Å². The largest absolute Gasteiger partial charge is 0.494 e. The van der Waals surface area contributed by atoms with E-state index in [1.165, 1.54) is 0 Å². The molecule has 0 unspecified atom stereocenters. The molecular weight excluding hydrogens is 272 g/mol. The highest BCUT2D eigenvalue weighted by Gasteiger charge is 2.22. The van der Waals surface area contributed by atoms with E-state index in [0.29, 0.717) is 12.4 Å². The van der Waals surface area contributed by atoms with Gasteiger partial charge in [0.25, 0.3) is 0 Å². The fraction of sp³-hybridized carbons (Fsp3) is 0.533. The smallest absolute Gasteiger partial charge is 0.233 e. The van der Waals surface area contributed by atoms with Crippen molar-refractivity contribution in [2.45, 2.75) is 24.8 Å². The molecular formula is C15H22N2O2S. The molecule has 4 nitrogen and oxygen atoms in total. The van der Waals surface area contributed by atoms with Crippen LogP contribution in [0.2, 0.25) is 0 Å². The summed E-state index contributed by atoms with van der Waals surface area (Å²) in [6, 6.07) is 8.19. The first-order valence-corrected chi connectivity index (χ1v) is 8.05. The standard InChI is InChI=1S/C15H22N2O2S/c1-3-19-13-4-6-14(7-5-13)20-11-15(18)17-9-8-16-10-12(17)2/h4-7,12,16H,3,8-11H2,1-2H3/t12-/m1/s1. The van der Waals surface area contributed by atoms with Crippen LogP contribution in [0.15, 0.2) is 29.2 Å². The van der Waals surface area contributed by atoms with Crippen LogP contribution < -0.4 is 10.1 Å². The zero-order chi connectivity index (χ0) is 14.4. The summed E-state index contributed by atoms with van der Waals surface area (Å²) in [5.41, 5.74) is 0. The number of piperazine rings is 1. The lowest BCUT2D eigenvalue weighted by Gasteiger charge is -2.33. The normalized spacial score (nSPS) is 18.9. The molecule has 20 heavy (non-hydrogen) atoms. The van der Waals surface area contributed by atoms with E-state index in [1.807, 2.05) is 36.1 Å². The van der Waals surface area contributed by atoms with Gasteiger partial charge in [-0.3, -0.25) is 4.79 Å². The lowest BCUT2D eigenvalue weighted by Crippen LogP contribution is -2.52. The van der Waals surface area contributed by atoms with E-state index in [0.717, 1.165) is 30.3 Å². The molecule has 0 bridgehead atoms. The second-order valence-electron chi connectivity index (χ2n) is 4.83. The zero-order valence-corrected chi connectivity index (χ0v) is 12.9. The van der Waals surface area contributed by atoms with Crippen molar-refractivity contribution < 1.29 is 9.53 Å². The number of carbonyl (C=O) groups is 1. The fourth-order valence-electron chi connectivity index (χ4n) is 2.24. The Balaban J connectivity index is 1.83. The maximum Gasteiger partial charge on any atom is 0.233 e. The molecule has 0 aromatic heterocycles. The summed E-state index contributed by atoms with van der Waals surface area (Å²) in [4.78, 5) is 15.3. The Morgan fingerprint density at radius 1 is 1.45 bits per heavy atom. The molecule has 1 saturated heterocycles. The summed E-state index contributed by atoms with van der Waals surface area (Å²) < 4.78 is 5.40. The van der Waals surface area contributed by atoms with Crippen LogP contribution in [0.1, 0.15) is 13.8 Å². The number of carbonyl (C=O) groups excluding carboxylic acids is 1. The van der Waals surface area contributed by atoms with Crippen molar-refractivity contribution >= 4 is 17.7 Å². The Kier molecular flexibility index (Phi) is 5.73. The Hall–Kier alpha value is -1.20. The Bertz CT molecular complexity index is 436. The van der Waals surface area contributed by atoms with Crippen molar-refractivity contribution in [3.63, 3.8) is 0 Å². The van der Waals surface area contributed by atoms with Gasteiger partial charge in [-0.05, 0) is 38.1 Å². The molecule has 5 heteroatoms. The van der Waals surface area contributed by atoms with Gasteiger partial charge in [0.15, 0.2) is 0 Å². The zero-order valence-electron chi connectivity index (χ0n) is 12.1. The lowest BCUT2D eigenvalue weighted by atomic mass is 10.2. The predicted molar refractivity (Wildman–Crippen MR) is 82.4 cm³/mol. The van der Waals surface area contributed by atoms with E-state index < -0.39 is 0 Å². The van der Waals surface area contributed by atoms with Crippen LogP contribution in [-0.4, -0.2) is 48.8 Å². The molecule has 1 aromatic rings. The quantitative estimate of drug-likeness (QED) is 0.843. The number of hydrogen-bond donors (Lipinski definition) is 1. The number of amides is 1. The minimum atomic E-state index is 0.220. The summed E-state index contributed by atoms with van der Waals surface area (Å²) in [6.07, 6.45) is 0. The van der Waals surface area contributed by atoms with Crippen LogP contribution in [-0.2, 0) is 4.79 Å². The molecule has 1 fully saturated rings. The third kappa shape index (κ3) is 4.15. The van der Waals surface area contributed by atoms with Crippen molar-refractivity contribution in [2.75, 3.05) is 32.0 Å². The van der Waals surface area contributed by atoms with E-state index in [2.05, 4.69) is 12.2 Å². The first-order valence-electron chi connectivity index (χ1n) is 7.06. The summed E-state index contributed by atoms with van der Waals surface area (Å²) in [6.45, 7) is 7.32. The first-order chi connectivity index (χ1) is 9.70. The number of benzene rings is 1. The SMILES string of the molecule is CCOc1ccc(SCC(=O)N2CCNC[C@H]2C)cc1. The molecule has 1 atom stereocenters. The molecule has 1 aliphatic rings. The topological polar surface area (TPSA) is 41.6 Å². The Morgan fingerprint density at radius 2 is 2.20 bits per heavy atom. The molecule has 1 N–H and O–H groups in total. The predicted octanol–water partition coefficient (Wildman–Crippen LogP) is 2.00. The third-order valence-electron chi connectivity index (χ3n) is 3.32. The molecule has 1 aromatic carbocycles. The second kappa shape index (κ2) is 7.55. The molecule has 1 amide bonds. The van der Waals surface area contributed by atoms with Gasteiger partial charge in [-0.25, -0.2) is 0 Å². The van der Waals surface area contributed by atoms with Gasteiger partial charge in [0.1, 0.15) is 5.75 Å². The third-order valence-corrected chi connectivity index (χ3v) is 4.32. The minimum absolute atomic E-state index is 0.220. The van der Waals surface area contributed by atoms with Gasteiger partial charge < -0.3 is 15.0 Å². The number of nitrogens with one attached hydrogen (secondary N) is 1. The van der Waals surface area contributed by atoms with E-state index in [-0.39, 0.29) is 11.9 Å². The van der Waals surface area contributed by atoms with Crippen LogP contribution in [0.3, 0.4) is 0 Å². The highest BCUT2D eigenvalue weighted by molar-refractivity contribution is 8.00. The van der Waals surface area contributed by atoms with E-state index >= 15 is 0 Å². The van der Waals surface area contributed by atoms with Gasteiger partial charge >= 0.3 is 0 Å². The molecule has 110 valence electrons. The summed E-state index contributed by atoms with van der Waals surface area (Å²) in [7, 11) is 0. The van der Waals surface area contributed by atoms with Crippen molar-refractivity contribution in [3.05, 3.63) is 24.3 Å². The van der Waals surface area contributed by atoms with Crippen LogP contribution >= 0.6 is 11.8 Å². The fourth-order valence-corrected chi connectivity index (χ4v) is 3.02. The number of thioether (sulfide) groups is 1. The van der Waals surface area contributed by atoms with Crippen LogP contribution in [0.4, 0.5) is 0 Å². The molecule has 2 rings (SSSR count). The van der Waals surface area contributed by atoms with Crippen molar-refractivity contribution in [1.29, 1.82) is 0 Å². The van der Waals surface area contributed by atoms with Crippen molar-refractivity contribution in [2.24, 2.45) is 0 Å². The van der Waals surface area contributed by atoms with E-state index in [9.17, 15) is 4.79 Å². The van der Waals surface area contributed by atoms with Gasteiger partial charge in [0.2, 0.25) is 5.91 Å². The number of hydrogen-bond acceptors (Lipinski definition) is 4. The van der Waals surface area contributed by atoms with Crippen molar-refractivity contribution in [1.82, 2.24) is 10.2 Å². The van der Waals surface area contributed by atoms with E-state index in [1.54, 1.807) is 11.8 Å². The molecule has 0 saturated carbocycles. The first kappa shape index (κ1) is 15.2. The monoisotopic (exact) mass is 294 g/mol. The minimum Gasteiger partial charge on any atom is -0.494 e. The van der Waals surface area contributed by atoms with Gasteiger partial charge in [-0.1, -0.05) is 0 Å².